The zero-order chi connectivity index (χ0) is 11.0. The van der Waals surface area contributed by atoms with Gasteiger partial charge in [-0.25, -0.2) is 4.79 Å². The van der Waals surface area contributed by atoms with E-state index in [9.17, 15) is 4.79 Å². The average molecular weight is 217 g/mol. The number of aliphatic imine (C=N–C) groups is 1. The van der Waals surface area contributed by atoms with Gasteiger partial charge in [-0.1, -0.05) is 12.1 Å². The molecule has 1 fully saturated rings. The molecule has 0 spiro atoms. The molecule has 1 aromatic rings. The van der Waals surface area contributed by atoms with Crippen molar-refractivity contribution in [3.05, 3.63) is 29.3 Å². The Morgan fingerprint density at radius 1 is 1.38 bits per heavy atom. The molecule has 0 atom stereocenters. The lowest BCUT2D eigenvalue weighted by Crippen LogP contribution is -2.12. The third-order valence-corrected chi connectivity index (χ3v) is 3.14. The third kappa shape index (κ3) is 1.43. The lowest BCUT2D eigenvalue weighted by molar-refractivity contribution is -0.0164. The maximum atomic E-state index is 10.4. The van der Waals surface area contributed by atoms with Gasteiger partial charge in [-0.3, -0.25) is 0 Å². The summed E-state index contributed by atoms with van der Waals surface area (Å²) in [6.07, 6.45) is 3.49. The van der Waals surface area contributed by atoms with Gasteiger partial charge in [-0.15, -0.1) is 0 Å². The fourth-order valence-corrected chi connectivity index (χ4v) is 2.03. The summed E-state index contributed by atoms with van der Waals surface area (Å²) < 4.78 is 10.6. The SMILES string of the molecule is O=C=NC1(c2ccc3c(c2)OCOC3)CC1. The largest absolute Gasteiger partial charge is 0.467 e. The second-order valence-corrected chi connectivity index (χ2v) is 4.17. The number of ether oxygens (including phenoxy) is 2. The highest BCUT2D eigenvalue weighted by molar-refractivity contribution is 5.46. The molecular formula is C12H11NO3. The van der Waals surface area contributed by atoms with Gasteiger partial charge in [-0.05, 0) is 24.5 Å². The van der Waals surface area contributed by atoms with Crippen LogP contribution >= 0.6 is 0 Å². The minimum Gasteiger partial charge on any atom is -0.467 e. The van der Waals surface area contributed by atoms with Crippen molar-refractivity contribution in [3.8, 4) is 5.75 Å². The van der Waals surface area contributed by atoms with E-state index in [-0.39, 0.29) is 5.54 Å². The van der Waals surface area contributed by atoms with Crippen molar-refractivity contribution in [1.82, 2.24) is 0 Å². The molecule has 0 amide bonds. The fourth-order valence-electron chi connectivity index (χ4n) is 2.03. The highest BCUT2D eigenvalue weighted by Gasteiger charge is 2.45. The molecule has 1 aliphatic heterocycles. The molecule has 0 aromatic heterocycles. The predicted molar refractivity (Wildman–Crippen MR) is 55.8 cm³/mol. The Morgan fingerprint density at radius 2 is 2.25 bits per heavy atom. The Labute approximate surface area is 92.9 Å². The normalized spacial score (nSPS) is 20.2. The molecular weight excluding hydrogens is 206 g/mol. The number of rotatable bonds is 2. The Morgan fingerprint density at radius 3 is 3.00 bits per heavy atom. The van der Waals surface area contributed by atoms with Crippen LogP contribution < -0.4 is 4.74 Å². The van der Waals surface area contributed by atoms with Gasteiger partial charge in [-0.2, -0.15) is 4.99 Å². The van der Waals surface area contributed by atoms with Crippen molar-refractivity contribution in [2.45, 2.75) is 25.0 Å². The minimum atomic E-state index is -0.321. The van der Waals surface area contributed by atoms with Crippen molar-refractivity contribution in [2.75, 3.05) is 6.79 Å². The van der Waals surface area contributed by atoms with E-state index < -0.39 is 0 Å². The molecule has 2 aliphatic rings. The quantitative estimate of drug-likeness (QED) is 0.561. The summed E-state index contributed by atoms with van der Waals surface area (Å²) in [5.74, 6) is 0.844. The first-order valence-electron chi connectivity index (χ1n) is 5.27. The lowest BCUT2D eigenvalue weighted by atomic mass is 10.0. The number of hydrogen-bond donors (Lipinski definition) is 0. The van der Waals surface area contributed by atoms with Gasteiger partial charge >= 0.3 is 0 Å². The molecule has 3 rings (SSSR count). The van der Waals surface area contributed by atoms with E-state index in [0.29, 0.717) is 13.4 Å². The zero-order valence-corrected chi connectivity index (χ0v) is 8.73. The van der Waals surface area contributed by atoms with E-state index in [0.717, 1.165) is 29.7 Å². The molecule has 0 unspecified atom stereocenters. The van der Waals surface area contributed by atoms with Crippen LogP contribution in [-0.4, -0.2) is 12.9 Å². The Kier molecular flexibility index (Phi) is 2.06. The molecule has 0 radical (unpaired) electrons. The van der Waals surface area contributed by atoms with E-state index in [1.807, 2.05) is 18.2 Å². The van der Waals surface area contributed by atoms with Gasteiger partial charge in [0.1, 0.15) is 5.75 Å². The summed E-state index contributed by atoms with van der Waals surface area (Å²) in [7, 11) is 0. The highest BCUT2D eigenvalue weighted by atomic mass is 16.7. The Hall–Kier alpha value is -1.64. The van der Waals surface area contributed by atoms with Crippen molar-refractivity contribution in [1.29, 1.82) is 0 Å². The standard InChI is InChI=1S/C12H11NO3/c14-7-13-12(3-4-12)10-2-1-9-6-15-8-16-11(9)5-10/h1-2,5H,3-4,6,8H2. The van der Waals surface area contributed by atoms with Crippen LogP contribution in [0, 0.1) is 0 Å². The molecule has 4 nitrogen and oxygen atoms in total. The van der Waals surface area contributed by atoms with Crippen LogP contribution in [0.5, 0.6) is 5.75 Å². The van der Waals surface area contributed by atoms with Crippen LogP contribution in [0.4, 0.5) is 0 Å². The second-order valence-electron chi connectivity index (χ2n) is 4.17. The maximum Gasteiger partial charge on any atom is 0.235 e. The van der Waals surface area contributed by atoms with Gasteiger partial charge in [0.05, 0.1) is 12.1 Å². The van der Waals surface area contributed by atoms with Crippen LogP contribution in [0.2, 0.25) is 0 Å². The number of fused-ring (bicyclic) bond motifs is 1. The van der Waals surface area contributed by atoms with Gasteiger partial charge in [0.2, 0.25) is 6.08 Å². The summed E-state index contributed by atoms with van der Waals surface area (Å²) in [6, 6.07) is 5.93. The summed E-state index contributed by atoms with van der Waals surface area (Å²) in [5, 5.41) is 0. The fraction of sp³-hybridized carbons (Fsp3) is 0.417. The topological polar surface area (TPSA) is 47.9 Å². The minimum absolute atomic E-state index is 0.292. The first-order valence-corrected chi connectivity index (χ1v) is 5.27. The van der Waals surface area contributed by atoms with E-state index in [1.54, 1.807) is 6.08 Å². The summed E-state index contributed by atoms with van der Waals surface area (Å²) in [6.45, 7) is 0.875. The van der Waals surface area contributed by atoms with E-state index >= 15 is 0 Å². The number of carbonyl (C=O) groups excluding carboxylic acids is 1. The highest BCUT2D eigenvalue weighted by Crippen LogP contribution is 2.50. The predicted octanol–water partition coefficient (Wildman–Crippen LogP) is 1.88. The summed E-state index contributed by atoms with van der Waals surface area (Å²) in [5.41, 5.74) is 1.76. The Bertz CT molecular complexity index is 473. The van der Waals surface area contributed by atoms with Gasteiger partial charge in [0.15, 0.2) is 6.79 Å². The van der Waals surface area contributed by atoms with Crippen LogP contribution in [-0.2, 0) is 21.7 Å². The van der Waals surface area contributed by atoms with Crippen molar-refractivity contribution >= 4 is 6.08 Å². The molecule has 1 heterocycles. The molecule has 4 heteroatoms. The first-order chi connectivity index (χ1) is 7.84. The average Bonchev–Trinajstić information content (AvgIpc) is 3.10. The first kappa shape index (κ1) is 9.58. The van der Waals surface area contributed by atoms with Crippen LogP contribution in [0.3, 0.4) is 0 Å². The second kappa shape index (κ2) is 3.44. The van der Waals surface area contributed by atoms with Gasteiger partial charge in [0.25, 0.3) is 0 Å². The van der Waals surface area contributed by atoms with Crippen LogP contribution in [0.15, 0.2) is 23.2 Å². The van der Waals surface area contributed by atoms with Crippen molar-refractivity contribution in [2.24, 2.45) is 4.99 Å². The molecule has 1 aliphatic carbocycles. The number of nitrogens with zero attached hydrogens (tertiary/aromatic N) is 1. The van der Waals surface area contributed by atoms with Crippen LogP contribution in [0.1, 0.15) is 24.0 Å². The number of isocyanates is 1. The van der Waals surface area contributed by atoms with E-state index in [4.69, 9.17) is 9.47 Å². The van der Waals surface area contributed by atoms with Crippen molar-refractivity contribution in [3.63, 3.8) is 0 Å². The molecule has 0 saturated heterocycles. The van der Waals surface area contributed by atoms with Crippen LogP contribution in [0.25, 0.3) is 0 Å². The third-order valence-electron chi connectivity index (χ3n) is 3.14. The number of benzene rings is 1. The van der Waals surface area contributed by atoms with Crippen molar-refractivity contribution < 1.29 is 14.3 Å². The molecule has 1 aromatic carbocycles. The zero-order valence-electron chi connectivity index (χ0n) is 8.73. The monoisotopic (exact) mass is 217 g/mol. The Balaban J connectivity index is 2.00. The van der Waals surface area contributed by atoms with E-state index in [2.05, 4.69) is 4.99 Å². The summed E-state index contributed by atoms with van der Waals surface area (Å²) >= 11 is 0. The number of hydrogen-bond acceptors (Lipinski definition) is 4. The summed E-state index contributed by atoms with van der Waals surface area (Å²) in [4.78, 5) is 14.3. The molecule has 0 N–H and O–H groups in total. The molecule has 1 saturated carbocycles. The van der Waals surface area contributed by atoms with Gasteiger partial charge in [0, 0.05) is 5.56 Å². The smallest absolute Gasteiger partial charge is 0.235 e. The molecule has 82 valence electrons. The maximum absolute atomic E-state index is 10.4. The molecule has 16 heavy (non-hydrogen) atoms. The van der Waals surface area contributed by atoms with E-state index in [1.165, 1.54) is 0 Å². The lowest BCUT2D eigenvalue weighted by Gasteiger charge is -2.19. The van der Waals surface area contributed by atoms with Gasteiger partial charge < -0.3 is 9.47 Å². The molecule has 0 bridgehead atoms.